The van der Waals surface area contributed by atoms with Gasteiger partial charge in [0, 0.05) is 17.0 Å². The molecule has 3 rings (SSSR count). The minimum absolute atomic E-state index is 0.0458. The van der Waals surface area contributed by atoms with E-state index in [0.29, 0.717) is 17.0 Å². The van der Waals surface area contributed by atoms with E-state index in [-0.39, 0.29) is 29.1 Å². The predicted molar refractivity (Wildman–Crippen MR) is 102 cm³/mol. The first kappa shape index (κ1) is 19.9. The lowest BCUT2D eigenvalue weighted by atomic mass is 10.2. The van der Waals surface area contributed by atoms with Gasteiger partial charge in [0.25, 0.3) is 0 Å². The number of hydrogen-bond acceptors (Lipinski definition) is 6. The van der Waals surface area contributed by atoms with Crippen LogP contribution in [0.3, 0.4) is 0 Å². The van der Waals surface area contributed by atoms with Gasteiger partial charge < -0.3 is 14.8 Å². The van der Waals surface area contributed by atoms with Crippen molar-refractivity contribution in [2.75, 3.05) is 11.1 Å². The van der Waals surface area contributed by atoms with Crippen molar-refractivity contribution in [3.8, 4) is 0 Å². The molecule has 1 aliphatic rings. The van der Waals surface area contributed by atoms with Crippen molar-refractivity contribution in [2.24, 2.45) is 0 Å². The molecule has 1 saturated heterocycles. The van der Waals surface area contributed by atoms with Crippen molar-refractivity contribution >= 4 is 35.3 Å². The molecule has 2 aromatic carbocycles. The summed E-state index contributed by atoms with van der Waals surface area (Å²) in [6.07, 6.45) is -0.882. The Morgan fingerprint density at radius 3 is 2.61 bits per heavy atom. The summed E-state index contributed by atoms with van der Waals surface area (Å²) in [5.41, 5.74) is 0.753. The molecule has 2 atom stereocenters. The van der Waals surface area contributed by atoms with Gasteiger partial charge in [0.2, 0.25) is 12.0 Å². The smallest absolute Gasteiger partial charge is 0.347 e. The number of thioether (sulfide) groups is 1. The average Bonchev–Trinajstić information content (AvgIpc) is 2.99. The Morgan fingerprint density at radius 1 is 1.21 bits per heavy atom. The number of nitrogens with one attached hydrogen (secondary N) is 1. The number of amides is 1. The van der Waals surface area contributed by atoms with Gasteiger partial charge in [0.05, 0.1) is 11.3 Å². The van der Waals surface area contributed by atoms with E-state index >= 15 is 0 Å². The second-order valence-corrected chi connectivity index (χ2v) is 7.23. The molecule has 0 aromatic heterocycles. The zero-order chi connectivity index (χ0) is 20.1. The van der Waals surface area contributed by atoms with Crippen LogP contribution in [-0.4, -0.2) is 35.8 Å². The Balaban J connectivity index is 1.60. The van der Waals surface area contributed by atoms with Crippen molar-refractivity contribution in [3.63, 3.8) is 0 Å². The molecule has 28 heavy (non-hydrogen) atoms. The van der Waals surface area contributed by atoms with Crippen LogP contribution in [0, 0.1) is 5.82 Å². The molecule has 1 fully saturated rings. The van der Waals surface area contributed by atoms with Crippen LogP contribution in [0.5, 0.6) is 0 Å². The fraction of sp³-hybridized carbons (Fsp3) is 0.250. The number of rotatable bonds is 6. The number of carbonyl (C=O) groups is 3. The molecule has 8 heteroatoms. The maximum atomic E-state index is 12.9. The largest absolute Gasteiger partial charge is 0.460 e. The van der Waals surface area contributed by atoms with Gasteiger partial charge in [-0.3, -0.25) is 4.79 Å². The normalized spacial score (nSPS) is 18.4. The molecule has 146 valence electrons. The van der Waals surface area contributed by atoms with Crippen molar-refractivity contribution < 1.29 is 28.2 Å². The highest BCUT2D eigenvalue weighted by Gasteiger charge is 2.35. The van der Waals surface area contributed by atoms with Crippen LogP contribution >= 0.6 is 11.8 Å². The summed E-state index contributed by atoms with van der Waals surface area (Å²) in [5.74, 6) is -1.83. The molecule has 0 unspecified atom stereocenters. The number of benzene rings is 2. The fourth-order valence-electron chi connectivity index (χ4n) is 2.64. The zero-order valence-electron chi connectivity index (χ0n) is 15.0. The van der Waals surface area contributed by atoms with E-state index in [2.05, 4.69) is 5.32 Å². The van der Waals surface area contributed by atoms with Gasteiger partial charge in [-0.1, -0.05) is 12.1 Å². The highest BCUT2D eigenvalue weighted by molar-refractivity contribution is 8.00. The topological polar surface area (TPSA) is 81.7 Å². The second-order valence-electron chi connectivity index (χ2n) is 6.22. The molecule has 0 aliphatic carbocycles. The summed E-state index contributed by atoms with van der Waals surface area (Å²) in [6, 6.07) is 12.1. The number of cyclic esters (lactones) is 1. The molecular weight excluding hydrogens is 385 g/mol. The molecular formula is C20H18FNO5S. The van der Waals surface area contributed by atoms with E-state index in [1.54, 1.807) is 31.2 Å². The predicted octanol–water partition coefficient (Wildman–Crippen LogP) is 3.42. The Hall–Kier alpha value is -2.87. The monoisotopic (exact) mass is 403 g/mol. The van der Waals surface area contributed by atoms with E-state index in [4.69, 9.17) is 9.47 Å². The Labute approximate surface area is 165 Å². The van der Waals surface area contributed by atoms with E-state index in [9.17, 15) is 18.8 Å². The highest BCUT2D eigenvalue weighted by atomic mass is 32.2. The number of hydrogen-bond donors (Lipinski definition) is 1. The first-order chi connectivity index (χ1) is 13.4. The Kier molecular flexibility index (Phi) is 6.30. The highest BCUT2D eigenvalue weighted by Crippen LogP contribution is 2.26. The maximum Gasteiger partial charge on any atom is 0.347 e. The lowest BCUT2D eigenvalue weighted by molar-refractivity contribution is -0.147. The molecule has 1 aliphatic heterocycles. The number of halogens is 1. The maximum absolute atomic E-state index is 12.9. The van der Waals surface area contributed by atoms with Crippen LogP contribution in [0.25, 0.3) is 0 Å². The Morgan fingerprint density at radius 2 is 1.93 bits per heavy atom. The first-order valence-corrected chi connectivity index (χ1v) is 9.59. The minimum atomic E-state index is -0.915. The summed E-state index contributed by atoms with van der Waals surface area (Å²) in [4.78, 5) is 36.8. The van der Waals surface area contributed by atoms with Crippen molar-refractivity contribution in [1.29, 1.82) is 0 Å². The first-order valence-electron chi connectivity index (χ1n) is 8.61. The van der Waals surface area contributed by atoms with E-state index in [1.165, 1.54) is 24.3 Å². The van der Waals surface area contributed by atoms with Crippen LogP contribution in [0.2, 0.25) is 0 Å². The van der Waals surface area contributed by atoms with E-state index in [0.717, 1.165) is 11.8 Å². The van der Waals surface area contributed by atoms with Gasteiger partial charge >= 0.3 is 11.9 Å². The third-order valence-electron chi connectivity index (χ3n) is 3.97. The number of esters is 2. The summed E-state index contributed by atoms with van der Waals surface area (Å²) in [5, 5.41) is 2.65. The van der Waals surface area contributed by atoms with Crippen LogP contribution < -0.4 is 5.32 Å². The number of anilines is 1. The molecule has 2 aromatic rings. The van der Waals surface area contributed by atoms with E-state index < -0.39 is 18.0 Å². The second kappa shape index (κ2) is 8.88. The van der Waals surface area contributed by atoms with Crippen LogP contribution in [-0.2, 0) is 19.1 Å². The summed E-state index contributed by atoms with van der Waals surface area (Å²) in [6.45, 7) is 1.73. The van der Waals surface area contributed by atoms with Crippen molar-refractivity contribution in [2.45, 2.75) is 30.4 Å². The SMILES string of the molecule is C[C@@H]1C[C@@H](OC(=O)c2ccccc2SCC(=O)Nc2ccc(F)cc2)C(=O)O1. The molecule has 1 amide bonds. The minimum Gasteiger partial charge on any atom is -0.460 e. The summed E-state index contributed by atoms with van der Waals surface area (Å²) >= 11 is 1.16. The third kappa shape index (κ3) is 5.10. The van der Waals surface area contributed by atoms with Gasteiger partial charge in [-0.05, 0) is 43.3 Å². The molecule has 0 bridgehead atoms. The zero-order valence-corrected chi connectivity index (χ0v) is 15.8. The van der Waals surface area contributed by atoms with Crippen LogP contribution in [0.15, 0.2) is 53.4 Å². The van der Waals surface area contributed by atoms with Gasteiger partial charge in [0.15, 0.2) is 0 Å². The van der Waals surface area contributed by atoms with Gasteiger partial charge in [-0.15, -0.1) is 11.8 Å². The van der Waals surface area contributed by atoms with Gasteiger partial charge in [-0.25, -0.2) is 14.0 Å². The molecule has 1 heterocycles. The lowest BCUT2D eigenvalue weighted by Gasteiger charge is -2.11. The molecule has 0 radical (unpaired) electrons. The average molecular weight is 403 g/mol. The fourth-order valence-corrected chi connectivity index (χ4v) is 3.48. The number of carbonyl (C=O) groups excluding carboxylic acids is 3. The van der Waals surface area contributed by atoms with Crippen LogP contribution in [0.4, 0.5) is 10.1 Å². The van der Waals surface area contributed by atoms with Crippen molar-refractivity contribution in [3.05, 3.63) is 59.9 Å². The summed E-state index contributed by atoms with van der Waals surface area (Å²) in [7, 11) is 0. The lowest BCUT2D eigenvalue weighted by Crippen LogP contribution is -2.23. The molecule has 6 nitrogen and oxygen atoms in total. The van der Waals surface area contributed by atoms with E-state index in [1.807, 2.05) is 0 Å². The number of ether oxygens (including phenoxy) is 2. The van der Waals surface area contributed by atoms with Crippen LogP contribution in [0.1, 0.15) is 23.7 Å². The quantitative estimate of drug-likeness (QED) is 0.588. The van der Waals surface area contributed by atoms with Gasteiger partial charge in [-0.2, -0.15) is 0 Å². The van der Waals surface area contributed by atoms with Gasteiger partial charge in [0.1, 0.15) is 11.9 Å². The molecule has 0 spiro atoms. The summed E-state index contributed by atoms with van der Waals surface area (Å²) < 4.78 is 23.2. The van der Waals surface area contributed by atoms with Crippen molar-refractivity contribution in [1.82, 2.24) is 0 Å². The Bertz CT molecular complexity index is 886. The standard InChI is InChI=1S/C20H18FNO5S/c1-12-10-16(20(25)26-12)27-19(24)15-4-2-3-5-17(15)28-11-18(23)22-14-8-6-13(21)7-9-14/h2-9,12,16H,10-11H2,1H3,(H,22,23)/t12-,16-/m1/s1. The molecule has 1 N–H and O–H groups in total. The third-order valence-corrected chi connectivity index (χ3v) is 5.04. The molecule has 0 saturated carbocycles.